The minimum Gasteiger partial charge on any atom is -0.464 e. The van der Waals surface area contributed by atoms with Gasteiger partial charge in [0.15, 0.2) is 0 Å². The molecule has 32 heavy (non-hydrogen) atoms. The van der Waals surface area contributed by atoms with Crippen LogP contribution in [0.5, 0.6) is 0 Å². The Morgan fingerprint density at radius 1 is 0.812 bits per heavy atom. The minimum absolute atomic E-state index is 0. The van der Waals surface area contributed by atoms with Crippen LogP contribution in [0.25, 0.3) is 10.9 Å². The number of nitrogens with one attached hydrogen (secondary N) is 2. The number of rotatable bonds is 5. The molecular formula is C17H20CuF6N6S2. The van der Waals surface area contributed by atoms with Crippen molar-refractivity contribution >= 4 is 46.1 Å². The zero-order chi connectivity index (χ0) is 24.1. The first kappa shape index (κ1) is 32.2. The predicted molar refractivity (Wildman–Crippen MR) is 117 cm³/mol. The van der Waals surface area contributed by atoms with E-state index in [9.17, 15) is 26.3 Å². The second-order valence-corrected chi connectivity index (χ2v) is 6.55. The summed E-state index contributed by atoms with van der Waals surface area (Å²) in [4.78, 5) is 0. The van der Waals surface area contributed by atoms with Gasteiger partial charge in [-0.2, -0.15) is 26.3 Å². The summed E-state index contributed by atoms with van der Waals surface area (Å²) in [6.07, 6.45) is -8.90. The Kier molecular flexibility index (Phi) is 15.9. The second kappa shape index (κ2) is 15.8. The van der Waals surface area contributed by atoms with Crippen LogP contribution in [0.2, 0.25) is 0 Å². The average molecular weight is 550 g/mol. The van der Waals surface area contributed by atoms with Crippen LogP contribution in [-0.2, 0) is 17.1 Å². The van der Waals surface area contributed by atoms with Gasteiger partial charge < -0.3 is 21.5 Å². The van der Waals surface area contributed by atoms with Gasteiger partial charge in [0.25, 0.3) is 0 Å². The topological polar surface area (TPSA) is 77.0 Å². The molecule has 1 aromatic carbocycles. The van der Waals surface area contributed by atoms with E-state index < -0.39 is 35.7 Å². The maximum Gasteiger partial charge on any atom is 2.00 e. The van der Waals surface area contributed by atoms with Crippen molar-refractivity contribution in [2.45, 2.75) is 33.1 Å². The van der Waals surface area contributed by atoms with Crippen LogP contribution < -0.4 is 10.6 Å². The molecular weight excluding hydrogens is 530 g/mol. The smallest absolute Gasteiger partial charge is 0.464 e. The van der Waals surface area contributed by atoms with Gasteiger partial charge >= 0.3 is 29.4 Å². The third kappa shape index (κ3) is 20.0. The van der Waals surface area contributed by atoms with Crippen molar-refractivity contribution in [2.75, 3.05) is 13.1 Å². The monoisotopic (exact) mass is 549 g/mol. The van der Waals surface area contributed by atoms with Crippen LogP contribution in [0, 0.1) is 6.92 Å². The van der Waals surface area contributed by atoms with E-state index in [1.165, 1.54) is 19.4 Å². The van der Waals surface area contributed by atoms with Crippen LogP contribution in [0.3, 0.4) is 0 Å². The van der Waals surface area contributed by atoms with Crippen molar-refractivity contribution < 1.29 is 43.4 Å². The van der Waals surface area contributed by atoms with Gasteiger partial charge in [0.2, 0.25) is 0 Å². The molecule has 15 heteroatoms. The van der Waals surface area contributed by atoms with E-state index in [-0.39, 0.29) is 28.5 Å². The number of benzene rings is 1. The molecule has 1 aromatic rings. The zero-order valence-corrected chi connectivity index (χ0v) is 19.6. The van der Waals surface area contributed by atoms with Crippen LogP contribution in [0.4, 0.5) is 26.3 Å². The van der Waals surface area contributed by atoms with E-state index in [1.54, 1.807) is 0 Å². The Bertz CT molecular complexity index is 723. The van der Waals surface area contributed by atoms with Crippen LogP contribution in [0.15, 0.2) is 40.5 Å². The molecule has 0 amide bonds. The number of hydrogen-bond donors (Lipinski definition) is 2. The first-order chi connectivity index (χ1) is 14.2. The molecule has 0 fully saturated rings. The maximum absolute atomic E-state index is 11.9. The molecule has 0 spiro atoms. The minimum atomic E-state index is -4.45. The quantitative estimate of drug-likeness (QED) is 0.171. The summed E-state index contributed by atoms with van der Waals surface area (Å²) in [5, 5.41) is 9.73. The SMILES string of the molecule is CC(=N\[N-]C(=S)NCC(F)(F)F)/C(C)=N/[N-]C(=S)NCC(F)(F)F.Cc1ccccc1.[Cu+2]. The van der Waals surface area contributed by atoms with Crippen molar-refractivity contribution in [1.82, 2.24) is 10.6 Å². The molecule has 183 valence electrons. The van der Waals surface area contributed by atoms with Gasteiger partial charge in [-0.25, -0.2) is 0 Å². The van der Waals surface area contributed by atoms with Gasteiger partial charge in [-0.05, 0) is 20.8 Å². The molecule has 1 radical (unpaired) electrons. The summed E-state index contributed by atoms with van der Waals surface area (Å²) in [6, 6.07) is 10.3. The Morgan fingerprint density at radius 3 is 1.41 bits per heavy atom. The standard InChI is InChI=1S/C10H14F6N6S2.C7H8.Cu/c1-5(19-21-7(23)17-3-9(11,12)13)6(2)20-22-8(24)18-4-10(14,15)16;1-7-5-3-2-4-6-7;/h3-4H2,1-2H3,(H4,17,18,19,20,21,22,23,24);2-6H,1H3;/q;;+2/p-2. The Balaban J connectivity index is 0. The predicted octanol–water partition coefficient (Wildman–Crippen LogP) is 5.35. The summed E-state index contributed by atoms with van der Waals surface area (Å²) in [6.45, 7) is 2.17. The third-order valence-corrected chi connectivity index (χ3v) is 3.38. The Hall–Kier alpha value is -1.96. The van der Waals surface area contributed by atoms with Crippen LogP contribution >= 0.6 is 24.4 Å². The molecule has 0 heterocycles. The molecule has 1 rings (SSSR count). The van der Waals surface area contributed by atoms with E-state index in [2.05, 4.69) is 64.5 Å². The first-order valence-electron chi connectivity index (χ1n) is 8.41. The van der Waals surface area contributed by atoms with Gasteiger partial charge in [0, 0.05) is 23.3 Å². The molecule has 0 saturated carbocycles. The van der Waals surface area contributed by atoms with Gasteiger partial charge in [-0.3, -0.25) is 10.2 Å². The number of aryl methyl sites for hydroxylation is 1. The number of nitrogens with zero attached hydrogens (tertiary/aromatic N) is 4. The van der Waals surface area contributed by atoms with Gasteiger partial charge in [0.1, 0.15) is 0 Å². The third-order valence-electron chi connectivity index (χ3n) is 2.93. The van der Waals surface area contributed by atoms with E-state index in [1.807, 2.05) is 28.8 Å². The van der Waals surface area contributed by atoms with Gasteiger partial charge in [-0.15, -0.1) is 0 Å². The van der Waals surface area contributed by atoms with Crippen LogP contribution in [0.1, 0.15) is 19.4 Å². The normalized spacial score (nSPS) is 11.9. The van der Waals surface area contributed by atoms with E-state index in [0.29, 0.717) is 0 Å². The van der Waals surface area contributed by atoms with E-state index in [0.717, 1.165) is 0 Å². The fourth-order valence-corrected chi connectivity index (χ4v) is 1.57. The molecule has 2 N–H and O–H groups in total. The fourth-order valence-electron chi connectivity index (χ4n) is 1.34. The fraction of sp³-hybridized carbons (Fsp3) is 0.412. The second-order valence-electron chi connectivity index (χ2n) is 5.77. The summed E-state index contributed by atoms with van der Waals surface area (Å²) in [7, 11) is 0. The average Bonchev–Trinajstić information content (AvgIpc) is 2.67. The van der Waals surface area contributed by atoms with Crippen molar-refractivity contribution in [2.24, 2.45) is 10.2 Å². The molecule has 0 bridgehead atoms. The number of hydrogen-bond acceptors (Lipinski definition) is 4. The molecule has 0 aliphatic carbocycles. The number of halogens is 6. The molecule has 0 aliphatic rings. The molecule has 0 atom stereocenters. The van der Waals surface area contributed by atoms with Crippen LogP contribution in [-0.4, -0.2) is 47.1 Å². The summed E-state index contributed by atoms with van der Waals surface area (Å²) in [5.41, 5.74) is 8.25. The van der Waals surface area contributed by atoms with Crippen molar-refractivity contribution in [3.8, 4) is 0 Å². The molecule has 0 unspecified atom stereocenters. The Labute approximate surface area is 203 Å². The van der Waals surface area contributed by atoms with Gasteiger partial charge in [0.05, 0.1) is 11.4 Å². The number of alkyl halides is 6. The van der Waals surface area contributed by atoms with Gasteiger partial charge in [-0.1, -0.05) is 60.3 Å². The van der Waals surface area contributed by atoms with Crippen molar-refractivity contribution in [3.63, 3.8) is 0 Å². The summed E-state index contributed by atoms with van der Waals surface area (Å²) >= 11 is 9.03. The van der Waals surface area contributed by atoms with E-state index >= 15 is 0 Å². The van der Waals surface area contributed by atoms with Crippen molar-refractivity contribution in [1.29, 1.82) is 0 Å². The van der Waals surface area contributed by atoms with Crippen molar-refractivity contribution in [3.05, 3.63) is 46.7 Å². The van der Waals surface area contributed by atoms with E-state index in [4.69, 9.17) is 0 Å². The Morgan fingerprint density at radius 2 is 1.16 bits per heavy atom. The zero-order valence-electron chi connectivity index (χ0n) is 17.0. The first-order valence-corrected chi connectivity index (χ1v) is 9.23. The largest absolute Gasteiger partial charge is 2.00 e. The number of thiocarbonyl (C=S) groups is 2. The molecule has 0 aromatic heterocycles. The molecule has 0 aliphatic heterocycles. The summed E-state index contributed by atoms with van der Waals surface area (Å²) in [5.74, 6) is 0. The summed E-state index contributed by atoms with van der Waals surface area (Å²) < 4.78 is 71.6. The maximum atomic E-state index is 11.9. The molecule has 0 saturated heterocycles. The molecule has 6 nitrogen and oxygen atoms in total.